The lowest BCUT2D eigenvalue weighted by atomic mass is 10.1. The second-order valence-corrected chi connectivity index (χ2v) is 6.11. The monoisotopic (exact) mass is 380 g/mol. The summed E-state index contributed by atoms with van der Waals surface area (Å²) in [6.07, 6.45) is -4.05. The quantitative estimate of drug-likeness (QED) is 0.694. The van der Waals surface area contributed by atoms with Crippen molar-refractivity contribution in [3.63, 3.8) is 0 Å². The van der Waals surface area contributed by atoms with Crippen LogP contribution in [0.15, 0.2) is 36.4 Å². The molecular formula is C18H16F4N4O. The fraction of sp³-hybridized carbons (Fsp3) is 0.278. The van der Waals surface area contributed by atoms with E-state index in [1.165, 1.54) is 18.2 Å². The molecule has 5 nitrogen and oxygen atoms in total. The molecule has 0 aliphatic carbocycles. The number of hydrogen-bond donors (Lipinski definition) is 1. The zero-order chi connectivity index (χ0) is 19.8. The number of hydrogen-bond acceptors (Lipinski definition) is 3. The summed E-state index contributed by atoms with van der Waals surface area (Å²) in [5, 5.41) is 6.43. The molecule has 1 atom stereocenters. The number of fused-ring (bicyclic) bond motifs is 1. The van der Waals surface area contributed by atoms with E-state index in [4.69, 9.17) is 0 Å². The van der Waals surface area contributed by atoms with Gasteiger partial charge in [-0.25, -0.2) is 13.9 Å². The predicted molar refractivity (Wildman–Crippen MR) is 90.6 cm³/mol. The van der Waals surface area contributed by atoms with Crippen molar-refractivity contribution in [3.8, 4) is 11.3 Å². The largest absolute Gasteiger partial charge is 0.433 e. The molecule has 3 aromatic rings. The molecule has 0 fully saturated rings. The Morgan fingerprint density at radius 2 is 1.89 bits per heavy atom. The number of carbonyl (C=O) groups excluding carboxylic acids is 1. The van der Waals surface area contributed by atoms with E-state index >= 15 is 0 Å². The number of aromatic nitrogens is 3. The molecule has 0 saturated carbocycles. The van der Waals surface area contributed by atoms with Gasteiger partial charge in [0.15, 0.2) is 17.0 Å². The van der Waals surface area contributed by atoms with Crippen LogP contribution in [0.3, 0.4) is 0 Å². The lowest BCUT2D eigenvalue weighted by molar-refractivity contribution is -0.142. The predicted octanol–water partition coefficient (Wildman–Crippen LogP) is 4.08. The highest BCUT2D eigenvalue weighted by Crippen LogP contribution is 2.32. The van der Waals surface area contributed by atoms with E-state index in [0.29, 0.717) is 16.5 Å². The van der Waals surface area contributed by atoms with Gasteiger partial charge in [0.25, 0.3) is 5.91 Å². The molecule has 27 heavy (non-hydrogen) atoms. The fourth-order valence-electron chi connectivity index (χ4n) is 2.46. The van der Waals surface area contributed by atoms with Crippen molar-refractivity contribution in [2.75, 3.05) is 0 Å². The van der Waals surface area contributed by atoms with Crippen LogP contribution in [0.1, 0.15) is 36.5 Å². The number of benzene rings is 1. The van der Waals surface area contributed by atoms with Gasteiger partial charge >= 0.3 is 6.18 Å². The zero-order valence-corrected chi connectivity index (χ0v) is 14.5. The minimum atomic E-state index is -4.72. The molecule has 2 heterocycles. The van der Waals surface area contributed by atoms with Gasteiger partial charge in [-0.15, -0.1) is 0 Å². The lowest BCUT2D eigenvalue weighted by Gasteiger charge is -2.11. The Kier molecular flexibility index (Phi) is 4.86. The molecule has 3 rings (SSSR count). The lowest BCUT2D eigenvalue weighted by Crippen LogP contribution is -2.32. The molecule has 0 aliphatic heterocycles. The van der Waals surface area contributed by atoms with Crippen molar-refractivity contribution in [2.45, 2.75) is 32.5 Å². The Morgan fingerprint density at radius 1 is 1.22 bits per heavy atom. The normalized spacial score (nSPS) is 13.0. The van der Waals surface area contributed by atoms with Gasteiger partial charge in [-0.05, 0) is 43.7 Å². The summed E-state index contributed by atoms with van der Waals surface area (Å²) in [4.78, 5) is 16.3. The van der Waals surface area contributed by atoms with Crippen molar-refractivity contribution in [3.05, 3.63) is 53.6 Å². The third-order valence-corrected chi connectivity index (χ3v) is 4.08. The molecule has 0 saturated heterocycles. The van der Waals surface area contributed by atoms with Crippen LogP contribution in [0, 0.1) is 5.82 Å². The summed E-state index contributed by atoms with van der Waals surface area (Å²) < 4.78 is 54.2. The molecule has 142 valence electrons. The standard InChI is InChI=1S/C18H16F4N4O/c1-3-10(2)23-17(27)14-9-16-24-13(11-4-6-12(19)7-5-11)8-15(18(20,21)22)26(16)25-14/h4-10H,3H2,1-2H3,(H,23,27)/t10-/m0/s1. The van der Waals surface area contributed by atoms with E-state index in [1.807, 2.05) is 6.92 Å². The van der Waals surface area contributed by atoms with E-state index < -0.39 is 23.6 Å². The van der Waals surface area contributed by atoms with Crippen LogP contribution in [0.4, 0.5) is 17.6 Å². The maximum atomic E-state index is 13.5. The molecule has 1 amide bonds. The first-order valence-corrected chi connectivity index (χ1v) is 8.24. The van der Waals surface area contributed by atoms with Crippen LogP contribution in [0.2, 0.25) is 0 Å². The second kappa shape index (κ2) is 6.98. The molecule has 0 unspecified atom stereocenters. The first-order chi connectivity index (χ1) is 12.7. The third kappa shape index (κ3) is 3.91. The van der Waals surface area contributed by atoms with Crippen LogP contribution in [0.5, 0.6) is 0 Å². The van der Waals surface area contributed by atoms with E-state index in [9.17, 15) is 22.4 Å². The highest BCUT2D eigenvalue weighted by Gasteiger charge is 2.35. The molecule has 0 radical (unpaired) electrons. The molecule has 1 aromatic carbocycles. The van der Waals surface area contributed by atoms with Crippen LogP contribution < -0.4 is 5.32 Å². The van der Waals surface area contributed by atoms with Gasteiger partial charge in [0.2, 0.25) is 0 Å². The van der Waals surface area contributed by atoms with Crippen molar-refractivity contribution < 1.29 is 22.4 Å². The summed E-state index contributed by atoms with van der Waals surface area (Å²) in [7, 11) is 0. The van der Waals surface area contributed by atoms with Gasteiger partial charge in [-0.2, -0.15) is 18.3 Å². The number of nitrogens with zero attached hydrogens (tertiary/aromatic N) is 3. The van der Waals surface area contributed by atoms with Gasteiger partial charge in [-0.1, -0.05) is 6.92 Å². The van der Waals surface area contributed by atoms with E-state index in [0.717, 1.165) is 18.2 Å². The van der Waals surface area contributed by atoms with Crippen LogP contribution in [-0.2, 0) is 6.18 Å². The first kappa shape index (κ1) is 18.8. The van der Waals surface area contributed by atoms with E-state index in [2.05, 4.69) is 15.4 Å². The summed E-state index contributed by atoms with van der Waals surface area (Å²) in [6.45, 7) is 3.65. The molecule has 1 N–H and O–H groups in total. The van der Waals surface area contributed by atoms with Crippen molar-refractivity contribution in [2.24, 2.45) is 0 Å². The van der Waals surface area contributed by atoms with Crippen LogP contribution >= 0.6 is 0 Å². The first-order valence-electron chi connectivity index (χ1n) is 8.24. The minimum Gasteiger partial charge on any atom is -0.348 e. The van der Waals surface area contributed by atoms with Crippen molar-refractivity contribution in [1.29, 1.82) is 0 Å². The average molecular weight is 380 g/mol. The SMILES string of the molecule is CC[C@H](C)NC(=O)c1cc2nc(-c3ccc(F)cc3)cc(C(F)(F)F)n2n1. The average Bonchev–Trinajstić information content (AvgIpc) is 3.04. The Morgan fingerprint density at radius 3 is 2.48 bits per heavy atom. The van der Waals surface area contributed by atoms with Gasteiger partial charge in [0.1, 0.15) is 5.82 Å². The molecule has 0 spiro atoms. The summed E-state index contributed by atoms with van der Waals surface area (Å²) >= 11 is 0. The number of halogens is 4. The van der Waals surface area contributed by atoms with Crippen LogP contribution in [-0.4, -0.2) is 26.5 Å². The Hall–Kier alpha value is -2.97. The van der Waals surface area contributed by atoms with E-state index in [1.54, 1.807) is 6.92 Å². The second-order valence-electron chi connectivity index (χ2n) is 6.11. The summed E-state index contributed by atoms with van der Waals surface area (Å²) in [5.41, 5.74) is -1.04. The Labute approximate surface area is 152 Å². The van der Waals surface area contributed by atoms with Gasteiger partial charge < -0.3 is 5.32 Å². The number of carbonyl (C=O) groups is 1. The minimum absolute atomic E-state index is 0.00334. The van der Waals surface area contributed by atoms with Crippen LogP contribution in [0.25, 0.3) is 16.9 Å². The molecule has 0 aliphatic rings. The Balaban J connectivity index is 2.13. The molecular weight excluding hydrogens is 364 g/mol. The molecule has 2 aromatic heterocycles. The molecule has 0 bridgehead atoms. The zero-order valence-electron chi connectivity index (χ0n) is 14.5. The van der Waals surface area contributed by atoms with Crippen molar-refractivity contribution >= 4 is 11.6 Å². The molecule has 9 heteroatoms. The summed E-state index contributed by atoms with van der Waals surface area (Å²) in [5.74, 6) is -1.09. The van der Waals surface area contributed by atoms with Crippen molar-refractivity contribution in [1.82, 2.24) is 19.9 Å². The Bertz CT molecular complexity index is 979. The van der Waals surface area contributed by atoms with Gasteiger partial charge in [-0.3, -0.25) is 4.79 Å². The number of amides is 1. The topological polar surface area (TPSA) is 59.3 Å². The van der Waals surface area contributed by atoms with Gasteiger partial charge in [0, 0.05) is 17.7 Å². The number of nitrogens with one attached hydrogen (secondary N) is 1. The maximum absolute atomic E-state index is 13.5. The van der Waals surface area contributed by atoms with Gasteiger partial charge in [0.05, 0.1) is 5.69 Å². The fourth-order valence-corrected chi connectivity index (χ4v) is 2.46. The third-order valence-electron chi connectivity index (χ3n) is 4.08. The summed E-state index contributed by atoms with van der Waals surface area (Å²) in [6, 6.07) is 6.81. The maximum Gasteiger partial charge on any atom is 0.433 e. The number of alkyl halides is 3. The smallest absolute Gasteiger partial charge is 0.348 e. The highest BCUT2D eigenvalue weighted by atomic mass is 19.4. The van der Waals surface area contributed by atoms with E-state index in [-0.39, 0.29) is 23.1 Å². The number of rotatable bonds is 4. The highest BCUT2D eigenvalue weighted by molar-refractivity contribution is 5.93.